The molecule has 0 aliphatic carbocycles. The summed E-state index contributed by atoms with van der Waals surface area (Å²) in [5, 5.41) is 8.56. The predicted molar refractivity (Wildman–Crippen MR) is 41.8 cm³/mol. The van der Waals surface area contributed by atoms with Gasteiger partial charge in [0.15, 0.2) is 0 Å². The third-order valence-corrected chi connectivity index (χ3v) is 1.69. The normalized spacial score (nSPS) is 10.3. The van der Waals surface area contributed by atoms with Crippen LogP contribution in [-0.4, -0.2) is 4.98 Å². The van der Waals surface area contributed by atoms with Crippen molar-refractivity contribution in [2.45, 2.75) is 13.0 Å². The highest BCUT2D eigenvalue weighted by Gasteiger charge is 2.19. The van der Waals surface area contributed by atoms with Crippen LogP contribution in [0.3, 0.4) is 0 Å². The van der Waals surface area contributed by atoms with Crippen molar-refractivity contribution in [3.8, 4) is 6.07 Å². The quantitative estimate of drug-likeness (QED) is 0.788. The summed E-state index contributed by atoms with van der Waals surface area (Å²) in [6.07, 6.45) is -2.26. The molecule has 1 rings (SSSR count). The first kappa shape index (κ1) is 10.5. The maximum Gasteiger partial charge on any atom is 0.281 e. The molecule has 0 bridgehead atoms. The van der Waals surface area contributed by atoms with Gasteiger partial charge in [-0.1, -0.05) is 0 Å². The monoisotopic (exact) mass is 201 g/mol. The summed E-state index contributed by atoms with van der Waals surface area (Å²) in [7, 11) is 0. The molecule has 1 aromatic rings. The van der Waals surface area contributed by atoms with Gasteiger partial charge in [0, 0.05) is 12.1 Å². The zero-order valence-electron chi connectivity index (χ0n) is 6.97. The highest BCUT2D eigenvalue weighted by molar-refractivity contribution is 5.41. The van der Waals surface area contributed by atoms with E-state index < -0.39 is 23.5 Å². The zero-order chi connectivity index (χ0) is 10.7. The molecule has 74 valence electrons. The number of rotatable bonds is 2. The summed E-state index contributed by atoms with van der Waals surface area (Å²) in [6.45, 7) is -0.309. The largest absolute Gasteiger partial charge is 0.326 e. The Bertz CT molecular complexity index is 384. The van der Waals surface area contributed by atoms with Gasteiger partial charge in [0.05, 0.1) is 11.8 Å². The highest BCUT2D eigenvalue weighted by Crippen LogP contribution is 2.23. The molecular formula is C8H6F3N3. The third kappa shape index (κ3) is 1.67. The van der Waals surface area contributed by atoms with Crippen molar-refractivity contribution in [1.29, 1.82) is 5.26 Å². The fraction of sp³-hybridized carbons (Fsp3) is 0.250. The molecular weight excluding hydrogens is 195 g/mol. The van der Waals surface area contributed by atoms with Gasteiger partial charge in [-0.25, -0.2) is 13.2 Å². The van der Waals surface area contributed by atoms with Gasteiger partial charge < -0.3 is 5.73 Å². The number of hydrogen-bond donors (Lipinski definition) is 1. The van der Waals surface area contributed by atoms with Crippen LogP contribution in [-0.2, 0) is 6.54 Å². The van der Waals surface area contributed by atoms with E-state index in [1.165, 1.54) is 6.07 Å². The number of hydrogen-bond acceptors (Lipinski definition) is 3. The lowest BCUT2D eigenvalue weighted by Crippen LogP contribution is -2.08. The molecule has 0 spiro atoms. The maximum atomic E-state index is 12.9. The Balaban J connectivity index is 3.43. The molecule has 2 N–H and O–H groups in total. The van der Waals surface area contributed by atoms with Gasteiger partial charge in [-0.05, 0) is 0 Å². The third-order valence-electron chi connectivity index (χ3n) is 1.69. The Morgan fingerprint density at radius 3 is 2.64 bits per heavy atom. The summed E-state index contributed by atoms with van der Waals surface area (Å²) in [5.41, 5.74) is 3.71. The van der Waals surface area contributed by atoms with Gasteiger partial charge in [-0.3, -0.25) is 4.98 Å². The first-order valence-corrected chi connectivity index (χ1v) is 3.67. The Morgan fingerprint density at radius 1 is 1.57 bits per heavy atom. The van der Waals surface area contributed by atoms with Crippen molar-refractivity contribution in [1.82, 2.24) is 4.98 Å². The lowest BCUT2D eigenvalue weighted by atomic mass is 10.1. The maximum absolute atomic E-state index is 12.9. The Labute approximate surface area is 78.0 Å². The van der Waals surface area contributed by atoms with Crippen molar-refractivity contribution in [3.05, 3.63) is 28.8 Å². The molecule has 0 fully saturated rings. The fourth-order valence-electron chi connectivity index (χ4n) is 1.03. The zero-order valence-corrected chi connectivity index (χ0v) is 6.97. The topological polar surface area (TPSA) is 62.7 Å². The summed E-state index contributed by atoms with van der Waals surface area (Å²) in [6, 6.07) is 1.47. The first-order chi connectivity index (χ1) is 6.61. The van der Waals surface area contributed by atoms with Gasteiger partial charge in [0.2, 0.25) is 0 Å². The molecule has 6 heteroatoms. The lowest BCUT2D eigenvalue weighted by molar-refractivity contribution is 0.145. The first-order valence-electron chi connectivity index (χ1n) is 3.67. The minimum absolute atomic E-state index is 0.224. The lowest BCUT2D eigenvalue weighted by Gasteiger charge is -2.06. The predicted octanol–water partition coefficient (Wildman–Crippen LogP) is 1.49. The van der Waals surface area contributed by atoms with Gasteiger partial charge in [-0.2, -0.15) is 5.26 Å². The number of nitriles is 1. The van der Waals surface area contributed by atoms with Crippen molar-refractivity contribution in [2.75, 3.05) is 0 Å². The summed E-state index contributed by atoms with van der Waals surface area (Å²) >= 11 is 0. The van der Waals surface area contributed by atoms with Crippen LogP contribution in [0, 0.1) is 17.1 Å². The molecule has 0 atom stereocenters. The molecule has 3 nitrogen and oxygen atoms in total. The van der Waals surface area contributed by atoms with Gasteiger partial charge in [-0.15, -0.1) is 0 Å². The minimum atomic E-state index is -2.91. The molecule has 1 aromatic heterocycles. The molecule has 14 heavy (non-hydrogen) atoms. The summed E-state index contributed by atoms with van der Waals surface area (Å²) in [5.74, 6) is -0.839. The van der Waals surface area contributed by atoms with Crippen molar-refractivity contribution >= 4 is 0 Å². The van der Waals surface area contributed by atoms with E-state index in [1.807, 2.05) is 0 Å². The second kappa shape index (κ2) is 4.07. The van der Waals surface area contributed by atoms with Gasteiger partial charge in [0.1, 0.15) is 17.6 Å². The second-order valence-electron chi connectivity index (χ2n) is 2.46. The van der Waals surface area contributed by atoms with Crippen molar-refractivity contribution in [3.63, 3.8) is 0 Å². The minimum Gasteiger partial charge on any atom is -0.326 e. The van der Waals surface area contributed by atoms with Crippen molar-refractivity contribution in [2.24, 2.45) is 5.73 Å². The van der Waals surface area contributed by atoms with Crippen LogP contribution in [0.2, 0.25) is 0 Å². The van der Waals surface area contributed by atoms with E-state index >= 15 is 0 Å². The number of nitrogens with two attached hydrogens (primary N) is 1. The Morgan fingerprint density at radius 2 is 2.21 bits per heavy atom. The van der Waals surface area contributed by atoms with E-state index in [0.29, 0.717) is 6.20 Å². The van der Waals surface area contributed by atoms with Crippen LogP contribution in [0.25, 0.3) is 0 Å². The number of pyridine rings is 1. The molecule has 0 aliphatic rings. The van der Waals surface area contributed by atoms with Crippen LogP contribution in [0.1, 0.15) is 23.2 Å². The standard InChI is InChI=1S/C8H6F3N3/c9-6-3-14-7(8(10)11)5(2-13)4(6)1-12/h3,8H,1,12H2. The van der Waals surface area contributed by atoms with E-state index in [0.717, 1.165) is 0 Å². The molecule has 0 amide bonds. The number of aromatic nitrogens is 1. The smallest absolute Gasteiger partial charge is 0.281 e. The molecule has 0 unspecified atom stereocenters. The van der Waals surface area contributed by atoms with Crippen LogP contribution >= 0.6 is 0 Å². The van der Waals surface area contributed by atoms with E-state index in [1.54, 1.807) is 0 Å². The number of alkyl halides is 2. The highest BCUT2D eigenvalue weighted by atomic mass is 19.3. The molecule has 1 heterocycles. The van der Waals surface area contributed by atoms with E-state index in [9.17, 15) is 13.2 Å². The molecule has 0 saturated heterocycles. The van der Waals surface area contributed by atoms with Crippen molar-refractivity contribution < 1.29 is 13.2 Å². The Kier molecular flexibility index (Phi) is 3.04. The molecule has 0 radical (unpaired) electrons. The SMILES string of the molecule is N#Cc1c(C(F)F)ncc(F)c1CN. The van der Waals surface area contributed by atoms with Crippen LogP contribution < -0.4 is 5.73 Å². The van der Waals surface area contributed by atoms with Crippen LogP contribution in [0.15, 0.2) is 6.20 Å². The second-order valence-corrected chi connectivity index (χ2v) is 2.46. The van der Waals surface area contributed by atoms with E-state index in [-0.39, 0.29) is 12.1 Å². The van der Waals surface area contributed by atoms with E-state index in [4.69, 9.17) is 11.0 Å². The van der Waals surface area contributed by atoms with E-state index in [2.05, 4.69) is 4.98 Å². The molecule has 0 aliphatic heterocycles. The average Bonchev–Trinajstić information content (AvgIpc) is 2.16. The fourth-order valence-corrected chi connectivity index (χ4v) is 1.03. The molecule has 0 saturated carbocycles. The number of halogens is 3. The van der Waals surface area contributed by atoms with Crippen LogP contribution in [0.5, 0.6) is 0 Å². The van der Waals surface area contributed by atoms with Gasteiger partial charge in [0.25, 0.3) is 6.43 Å². The van der Waals surface area contributed by atoms with Gasteiger partial charge >= 0.3 is 0 Å². The number of nitrogens with zero attached hydrogens (tertiary/aromatic N) is 2. The molecule has 0 aromatic carbocycles. The van der Waals surface area contributed by atoms with Crippen LogP contribution in [0.4, 0.5) is 13.2 Å². The Hall–Kier alpha value is -1.61. The summed E-state index contributed by atoms with van der Waals surface area (Å²) < 4.78 is 37.5. The summed E-state index contributed by atoms with van der Waals surface area (Å²) in [4.78, 5) is 3.15. The average molecular weight is 201 g/mol.